The molecule has 1 amide bonds. The molecule has 0 fully saturated rings. The Morgan fingerprint density at radius 1 is 1.29 bits per heavy atom. The van der Waals surface area contributed by atoms with Crippen LogP contribution in [0.25, 0.3) is 0 Å². The molecule has 21 heavy (non-hydrogen) atoms. The Balaban J connectivity index is 2.01. The molecule has 0 radical (unpaired) electrons. The largest absolute Gasteiger partial charge is 0.331 e. The summed E-state index contributed by atoms with van der Waals surface area (Å²) in [5.74, 6) is 0.278. The number of carbonyl (C=O) groups is 1. The first kappa shape index (κ1) is 14.3. The SMILES string of the molecule is CCCC(=O)N1CCc2sccc2[C@H]1c1ccc(C)cc1. The second-order valence-electron chi connectivity index (χ2n) is 5.70. The van der Waals surface area contributed by atoms with Crippen LogP contribution < -0.4 is 0 Å². The van der Waals surface area contributed by atoms with Gasteiger partial charge >= 0.3 is 0 Å². The summed E-state index contributed by atoms with van der Waals surface area (Å²) in [5, 5.41) is 2.15. The van der Waals surface area contributed by atoms with Gasteiger partial charge < -0.3 is 4.90 Å². The maximum Gasteiger partial charge on any atom is 0.223 e. The Bertz CT molecular complexity index is 629. The molecule has 0 unspecified atom stereocenters. The number of hydrogen-bond acceptors (Lipinski definition) is 2. The minimum Gasteiger partial charge on any atom is -0.331 e. The van der Waals surface area contributed by atoms with Crippen molar-refractivity contribution in [2.75, 3.05) is 6.54 Å². The van der Waals surface area contributed by atoms with E-state index in [1.807, 2.05) is 11.3 Å². The normalized spacial score (nSPS) is 17.6. The van der Waals surface area contributed by atoms with Gasteiger partial charge in [0.25, 0.3) is 0 Å². The number of rotatable bonds is 3. The van der Waals surface area contributed by atoms with Crippen molar-refractivity contribution in [2.24, 2.45) is 0 Å². The monoisotopic (exact) mass is 299 g/mol. The first-order chi connectivity index (χ1) is 10.2. The molecular weight excluding hydrogens is 278 g/mol. The van der Waals surface area contributed by atoms with Crippen LogP contribution in [0, 0.1) is 6.92 Å². The van der Waals surface area contributed by atoms with Gasteiger partial charge in [0.2, 0.25) is 5.91 Å². The van der Waals surface area contributed by atoms with E-state index in [1.165, 1.54) is 21.6 Å². The molecule has 2 heterocycles. The van der Waals surface area contributed by atoms with E-state index in [2.05, 4.69) is 54.5 Å². The highest BCUT2D eigenvalue weighted by Gasteiger charge is 2.32. The van der Waals surface area contributed by atoms with Gasteiger partial charge in [-0.2, -0.15) is 0 Å². The Morgan fingerprint density at radius 2 is 2.05 bits per heavy atom. The summed E-state index contributed by atoms with van der Waals surface area (Å²) >= 11 is 1.82. The van der Waals surface area contributed by atoms with Crippen LogP contribution in [0.3, 0.4) is 0 Å². The third-order valence-electron chi connectivity index (χ3n) is 4.14. The van der Waals surface area contributed by atoms with Gasteiger partial charge in [0, 0.05) is 17.8 Å². The molecule has 3 heteroatoms. The average molecular weight is 299 g/mol. The number of carbonyl (C=O) groups excluding carboxylic acids is 1. The lowest BCUT2D eigenvalue weighted by atomic mass is 9.92. The molecule has 0 saturated carbocycles. The predicted octanol–water partition coefficient (Wildman–Crippen LogP) is 4.33. The molecule has 1 atom stereocenters. The molecule has 0 N–H and O–H groups in total. The zero-order valence-corrected chi connectivity index (χ0v) is 13.5. The van der Waals surface area contributed by atoms with Gasteiger partial charge in [0.15, 0.2) is 0 Å². The van der Waals surface area contributed by atoms with Crippen molar-refractivity contribution >= 4 is 17.2 Å². The Hall–Kier alpha value is -1.61. The second kappa shape index (κ2) is 6.02. The molecular formula is C18H21NOS. The van der Waals surface area contributed by atoms with Crippen LogP contribution in [0.1, 0.15) is 47.4 Å². The molecule has 0 saturated heterocycles. The first-order valence-electron chi connectivity index (χ1n) is 7.63. The average Bonchev–Trinajstić information content (AvgIpc) is 2.96. The van der Waals surface area contributed by atoms with Gasteiger partial charge in [0.05, 0.1) is 6.04 Å². The summed E-state index contributed by atoms with van der Waals surface area (Å²) in [6, 6.07) is 10.9. The quantitative estimate of drug-likeness (QED) is 0.826. The summed E-state index contributed by atoms with van der Waals surface area (Å²) in [5.41, 5.74) is 3.80. The molecule has 2 aromatic rings. The van der Waals surface area contributed by atoms with Gasteiger partial charge in [-0.05, 0) is 42.3 Å². The fourth-order valence-corrected chi connectivity index (χ4v) is 3.95. The number of fused-ring (bicyclic) bond motifs is 1. The van der Waals surface area contributed by atoms with Crippen molar-refractivity contribution in [1.29, 1.82) is 0 Å². The van der Waals surface area contributed by atoms with E-state index in [4.69, 9.17) is 0 Å². The molecule has 1 aromatic carbocycles. The predicted molar refractivity (Wildman–Crippen MR) is 87.7 cm³/mol. The van der Waals surface area contributed by atoms with Gasteiger partial charge in [-0.1, -0.05) is 36.8 Å². The van der Waals surface area contributed by atoms with E-state index in [0.717, 1.165) is 19.4 Å². The van der Waals surface area contributed by atoms with Crippen molar-refractivity contribution < 1.29 is 4.79 Å². The van der Waals surface area contributed by atoms with Crippen LogP contribution in [0.15, 0.2) is 35.7 Å². The summed E-state index contributed by atoms with van der Waals surface area (Å²) in [7, 11) is 0. The van der Waals surface area contributed by atoms with Crippen LogP contribution in [0.4, 0.5) is 0 Å². The van der Waals surface area contributed by atoms with E-state index in [9.17, 15) is 4.79 Å². The number of benzene rings is 1. The molecule has 0 aliphatic carbocycles. The van der Waals surface area contributed by atoms with Crippen molar-refractivity contribution in [3.8, 4) is 0 Å². The third-order valence-corrected chi connectivity index (χ3v) is 5.14. The molecule has 1 aliphatic rings. The highest BCUT2D eigenvalue weighted by molar-refractivity contribution is 7.10. The summed E-state index contributed by atoms with van der Waals surface area (Å²) < 4.78 is 0. The zero-order valence-electron chi connectivity index (χ0n) is 12.6. The van der Waals surface area contributed by atoms with Crippen molar-refractivity contribution in [3.63, 3.8) is 0 Å². The minimum atomic E-state index is 0.0969. The summed E-state index contributed by atoms with van der Waals surface area (Å²) in [4.78, 5) is 16.0. The maximum absolute atomic E-state index is 12.5. The van der Waals surface area contributed by atoms with Crippen LogP contribution in [0.2, 0.25) is 0 Å². The molecule has 0 bridgehead atoms. The number of thiophene rings is 1. The molecule has 1 aliphatic heterocycles. The molecule has 2 nitrogen and oxygen atoms in total. The topological polar surface area (TPSA) is 20.3 Å². The Labute approximate surface area is 130 Å². The lowest BCUT2D eigenvalue weighted by Gasteiger charge is -2.36. The molecule has 110 valence electrons. The number of hydrogen-bond donors (Lipinski definition) is 0. The van der Waals surface area contributed by atoms with Crippen LogP contribution in [-0.2, 0) is 11.2 Å². The van der Waals surface area contributed by atoms with Gasteiger partial charge in [-0.25, -0.2) is 0 Å². The minimum absolute atomic E-state index is 0.0969. The van der Waals surface area contributed by atoms with E-state index in [0.29, 0.717) is 6.42 Å². The van der Waals surface area contributed by atoms with Gasteiger partial charge in [-0.15, -0.1) is 11.3 Å². The number of nitrogens with zero attached hydrogens (tertiary/aromatic N) is 1. The van der Waals surface area contributed by atoms with Gasteiger partial charge in [0.1, 0.15) is 0 Å². The highest BCUT2D eigenvalue weighted by atomic mass is 32.1. The fraction of sp³-hybridized carbons (Fsp3) is 0.389. The smallest absolute Gasteiger partial charge is 0.223 e. The molecule has 3 rings (SSSR count). The van der Waals surface area contributed by atoms with E-state index < -0.39 is 0 Å². The number of amides is 1. The van der Waals surface area contributed by atoms with Crippen molar-refractivity contribution in [2.45, 2.75) is 39.2 Å². The van der Waals surface area contributed by atoms with E-state index in [1.54, 1.807) is 0 Å². The van der Waals surface area contributed by atoms with Crippen LogP contribution >= 0.6 is 11.3 Å². The van der Waals surface area contributed by atoms with E-state index >= 15 is 0 Å². The van der Waals surface area contributed by atoms with Crippen molar-refractivity contribution in [3.05, 3.63) is 57.3 Å². The fourth-order valence-electron chi connectivity index (χ4n) is 3.05. The summed E-state index contributed by atoms with van der Waals surface area (Å²) in [6.45, 7) is 5.00. The zero-order chi connectivity index (χ0) is 14.8. The molecule has 0 spiro atoms. The van der Waals surface area contributed by atoms with Crippen LogP contribution in [-0.4, -0.2) is 17.4 Å². The Kier molecular flexibility index (Phi) is 4.11. The molecule has 1 aromatic heterocycles. The van der Waals surface area contributed by atoms with Crippen LogP contribution in [0.5, 0.6) is 0 Å². The number of aryl methyl sites for hydroxylation is 1. The van der Waals surface area contributed by atoms with Gasteiger partial charge in [-0.3, -0.25) is 4.79 Å². The standard InChI is InChI=1S/C18H21NOS/c1-3-4-17(20)19-11-9-16-15(10-12-21-16)18(19)14-7-5-13(2)6-8-14/h5-8,10,12,18H,3-4,9,11H2,1-2H3/t18-/m1/s1. The van der Waals surface area contributed by atoms with Crippen molar-refractivity contribution in [1.82, 2.24) is 4.90 Å². The van der Waals surface area contributed by atoms with E-state index in [-0.39, 0.29) is 11.9 Å². The lowest BCUT2D eigenvalue weighted by Crippen LogP contribution is -2.39. The second-order valence-corrected chi connectivity index (χ2v) is 6.70. The third kappa shape index (κ3) is 2.75. The first-order valence-corrected chi connectivity index (χ1v) is 8.51. The lowest BCUT2D eigenvalue weighted by molar-refractivity contribution is -0.133. The maximum atomic E-state index is 12.5. The highest BCUT2D eigenvalue weighted by Crippen LogP contribution is 2.38. The Morgan fingerprint density at radius 3 is 2.76 bits per heavy atom. The summed E-state index contributed by atoms with van der Waals surface area (Å²) in [6.07, 6.45) is 2.54.